The van der Waals surface area contributed by atoms with Gasteiger partial charge in [0.15, 0.2) is 0 Å². The third-order valence-corrected chi connectivity index (χ3v) is 3.29. The van der Waals surface area contributed by atoms with E-state index < -0.39 is 39.0 Å². The van der Waals surface area contributed by atoms with Crippen LogP contribution in [0.15, 0.2) is 12.1 Å². The predicted molar refractivity (Wildman–Crippen MR) is 75.8 cm³/mol. The van der Waals surface area contributed by atoms with Crippen LogP contribution in [0.5, 0.6) is 0 Å². The molecule has 0 radical (unpaired) electrons. The molecule has 0 unspecified atom stereocenters. The molecule has 0 heterocycles. The van der Waals surface area contributed by atoms with Crippen LogP contribution in [0.4, 0.5) is 21.5 Å². The second-order valence-corrected chi connectivity index (χ2v) is 4.74. The number of halogens is 1. The van der Waals surface area contributed by atoms with E-state index in [2.05, 4.69) is 5.32 Å². The maximum absolute atomic E-state index is 13.7. The summed E-state index contributed by atoms with van der Waals surface area (Å²) >= 11 is 0. The van der Waals surface area contributed by atoms with E-state index in [1.165, 1.54) is 0 Å². The lowest BCUT2D eigenvalue weighted by Gasteiger charge is -2.22. The molecule has 0 fully saturated rings. The molecular formula is C12H15FN4O5. The van der Waals surface area contributed by atoms with E-state index in [0.29, 0.717) is 18.6 Å². The smallest absolute Gasteiger partial charge is 0.311 e. The Hall–Kier alpha value is -2.78. The van der Waals surface area contributed by atoms with Crippen molar-refractivity contribution in [2.24, 2.45) is 11.7 Å². The van der Waals surface area contributed by atoms with E-state index >= 15 is 0 Å². The number of primary amides is 1. The second kappa shape index (κ2) is 6.78. The monoisotopic (exact) mass is 314 g/mol. The van der Waals surface area contributed by atoms with E-state index in [4.69, 9.17) is 5.73 Å². The van der Waals surface area contributed by atoms with Gasteiger partial charge in [-0.25, -0.2) is 0 Å². The zero-order chi connectivity index (χ0) is 17.0. The van der Waals surface area contributed by atoms with Gasteiger partial charge >= 0.3 is 5.69 Å². The summed E-state index contributed by atoms with van der Waals surface area (Å²) in [5, 5.41) is 24.2. The Morgan fingerprint density at radius 3 is 2.27 bits per heavy atom. The largest absolute Gasteiger partial charge is 0.368 e. The summed E-state index contributed by atoms with van der Waals surface area (Å²) in [5.41, 5.74) is 3.17. The summed E-state index contributed by atoms with van der Waals surface area (Å²) in [4.78, 5) is 31.1. The van der Waals surface area contributed by atoms with Crippen molar-refractivity contribution in [2.75, 3.05) is 5.32 Å². The van der Waals surface area contributed by atoms with Crippen LogP contribution in [-0.2, 0) is 4.79 Å². The van der Waals surface area contributed by atoms with Crippen molar-refractivity contribution in [1.82, 2.24) is 0 Å². The lowest BCUT2D eigenvalue weighted by molar-refractivity contribution is -0.395. The molecule has 0 aliphatic rings. The van der Waals surface area contributed by atoms with Crippen molar-refractivity contribution in [2.45, 2.75) is 26.3 Å². The van der Waals surface area contributed by atoms with Gasteiger partial charge in [-0.2, -0.15) is 4.39 Å². The SMILES string of the molecule is CC[C@H](C)[C@H](Nc1cc(F)c([N+](=O)[O-])cc1[N+](=O)[O-])C(N)=O. The maximum Gasteiger partial charge on any atom is 0.311 e. The van der Waals surface area contributed by atoms with Crippen LogP contribution >= 0.6 is 0 Å². The van der Waals surface area contributed by atoms with Crippen LogP contribution in [-0.4, -0.2) is 21.8 Å². The Morgan fingerprint density at radius 2 is 1.86 bits per heavy atom. The second-order valence-electron chi connectivity index (χ2n) is 4.74. The summed E-state index contributed by atoms with van der Waals surface area (Å²) in [6, 6.07) is 0.158. The topological polar surface area (TPSA) is 141 Å². The highest BCUT2D eigenvalue weighted by molar-refractivity contribution is 5.84. The third-order valence-electron chi connectivity index (χ3n) is 3.29. The highest BCUT2D eigenvalue weighted by atomic mass is 19.1. The molecule has 0 saturated heterocycles. The van der Waals surface area contributed by atoms with Crippen LogP contribution in [0.2, 0.25) is 0 Å². The fourth-order valence-electron chi connectivity index (χ4n) is 1.85. The standard InChI is InChI=1S/C12H15FN4O5/c1-3-6(2)11(12(14)18)15-8-4-7(13)9(16(19)20)5-10(8)17(21)22/h4-6,11,15H,3H2,1-2H3,(H2,14,18)/t6-,11-/m0/s1. The number of anilines is 1. The van der Waals surface area contributed by atoms with Crippen molar-refractivity contribution in [1.29, 1.82) is 0 Å². The van der Waals surface area contributed by atoms with Crippen LogP contribution in [0.1, 0.15) is 20.3 Å². The average molecular weight is 314 g/mol. The summed E-state index contributed by atoms with van der Waals surface area (Å²) in [5.74, 6) is -2.27. The molecule has 9 nitrogen and oxygen atoms in total. The number of nitro groups is 2. The number of nitrogens with two attached hydrogens (primary N) is 1. The fourth-order valence-corrected chi connectivity index (χ4v) is 1.85. The van der Waals surface area contributed by atoms with Crippen LogP contribution < -0.4 is 11.1 Å². The quantitative estimate of drug-likeness (QED) is 0.582. The molecule has 1 aromatic carbocycles. The van der Waals surface area contributed by atoms with E-state index in [0.717, 1.165) is 0 Å². The predicted octanol–water partition coefficient (Wildman–Crippen LogP) is 1.95. The number of hydrogen-bond acceptors (Lipinski definition) is 6. The first-order chi connectivity index (χ1) is 10.2. The van der Waals surface area contributed by atoms with Gasteiger partial charge in [-0.15, -0.1) is 0 Å². The Balaban J connectivity index is 3.34. The van der Waals surface area contributed by atoms with Crippen LogP contribution in [0.3, 0.4) is 0 Å². The van der Waals surface area contributed by atoms with E-state index in [-0.39, 0.29) is 11.6 Å². The Labute approximate surface area is 124 Å². The van der Waals surface area contributed by atoms with E-state index in [9.17, 15) is 29.4 Å². The number of hydrogen-bond donors (Lipinski definition) is 2. The summed E-state index contributed by atoms with van der Waals surface area (Å²) < 4.78 is 13.7. The highest BCUT2D eigenvalue weighted by Gasteiger charge is 2.29. The lowest BCUT2D eigenvalue weighted by Crippen LogP contribution is -2.40. The Bertz CT molecular complexity index is 622. The van der Waals surface area contributed by atoms with Gasteiger partial charge in [0.2, 0.25) is 11.7 Å². The number of carbonyl (C=O) groups is 1. The molecule has 1 aromatic rings. The molecule has 1 amide bonds. The summed E-state index contributed by atoms with van der Waals surface area (Å²) in [7, 11) is 0. The van der Waals surface area contributed by atoms with Gasteiger partial charge in [-0.1, -0.05) is 20.3 Å². The van der Waals surface area contributed by atoms with Crippen molar-refractivity contribution in [3.05, 3.63) is 38.2 Å². The fraction of sp³-hybridized carbons (Fsp3) is 0.417. The first-order valence-electron chi connectivity index (χ1n) is 6.37. The zero-order valence-electron chi connectivity index (χ0n) is 11.9. The van der Waals surface area contributed by atoms with E-state index in [1.807, 2.05) is 0 Å². The molecule has 3 N–H and O–H groups in total. The third kappa shape index (κ3) is 3.65. The first kappa shape index (κ1) is 17.3. The molecule has 2 atom stereocenters. The number of benzene rings is 1. The van der Waals surface area contributed by atoms with Gasteiger partial charge < -0.3 is 11.1 Å². The highest BCUT2D eigenvalue weighted by Crippen LogP contribution is 2.32. The molecule has 0 aliphatic heterocycles. The molecule has 22 heavy (non-hydrogen) atoms. The molecule has 120 valence electrons. The normalized spacial score (nSPS) is 13.2. The molecule has 10 heteroatoms. The number of amides is 1. The number of rotatable bonds is 7. The van der Waals surface area contributed by atoms with Gasteiger partial charge in [0.1, 0.15) is 11.7 Å². The minimum Gasteiger partial charge on any atom is -0.368 e. The lowest BCUT2D eigenvalue weighted by atomic mass is 9.98. The van der Waals surface area contributed by atoms with Gasteiger partial charge in [-0.05, 0) is 5.92 Å². The molecule has 0 aliphatic carbocycles. The zero-order valence-corrected chi connectivity index (χ0v) is 11.9. The van der Waals surface area contributed by atoms with Crippen LogP contribution in [0.25, 0.3) is 0 Å². The Morgan fingerprint density at radius 1 is 1.32 bits per heavy atom. The minimum atomic E-state index is -1.24. The van der Waals surface area contributed by atoms with Crippen molar-refractivity contribution < 1.29 is 19.0 Å². The van der Waals surface area contributed by atoms with Crippen molar-refractivity contribution >= 4 is 23.0 Å². The summed E-state index contributed by atoms with van der Waals surface area (Å²) in [6.07, 6.45) is 0.546. The minimum absolute atomic E-state index is 0.268. The van der Waals surface area contributed by atoms with E-state index in [1.54, 1.807) is 13.8 Å². The maximum atomic E-state index is 13.7. The number of nitrogens with one attached hydrogen (secondary N) is 1. The molecule has 0 aromatic heterocycles. The Kier molecular flexibility index (Phi) is 5.33. The van der Waals surface area contributed by atoms with Gasteiger partial charge in [0.05, 0.1) is 15.9 Å². The molecule has 0 spiro atoms. The number of carbonyl (C=O) groups excluding carboxylic acids is 1. The first-order valence-corrected chi connectivity index (χ1v) is 6.37. The average Bonchev–Trinajstić information content (AvgIpc) is 2.42. The van der Waals surface area contributed by atoms with Crippen LogP contribution in [0, 0.1) is 32.0 Å². The molecule has 0 bridgehead atoms. The van der Waals surface area contributed by atoms with Gasteiger partial charge in [0, 0.05) is 6.07 Å². The number of nitro benzene ring substituents is 2. The molecule has 1 rings (SSSR count). The summed E-state index contributed by atoms with van der Waals surface area (Å²) in [6.45, 7) is 3.48. The van der Waals surface area contributed by atoms with Crippen molar-refractivity contribution in [3.8, 4) is 0 Å². The number of nitrogens with zero attached hydrogens (tertiary/aromatic N) is 2. The van der Waals surface area contributed by atoms with Gasteiger partial charge in [0.25, 0.3) is 5.69 Å². The van der Waals surface area contributed by atoms with Gasteiger partial charge in [-0.3, -0.25) is 25.0 Å². The molecular weight excluding hydrogens is 299 g/mol. The van der Waals surface area contributed by atoms with Crippen molar-refractivity contribution in [3.63, 3.8) is 0 Å². The molecule has 0 saturated carbocycles.